The summed E-state index contributed by atoms with van der Waals surface area (Å²) in [6, 6.07) is 15.7. The maximum atomic E-state index is 10.2. The highest BCUT2D eigenvalue weighted by Gasteiger charge is 2.20. The third kappa shape index (κ3) is 2.54. The van der Waals surface area contributed by atoms with Crippen molar-refractivity contribution >= 4 is 45.6 Å². The standard InChI is InChI=1S/C19H13IN2O2/c1-11-14(12-6-3-5-9-16(12)21-11)10-17-19(23)24-18(22-17)13-7-2-4-8-15(13)20/h2-10,23H,1H3. The van der Waals surface area contributed by atoms with Gasteiger partial charge in [-0.1, -0.05) is 30.3 Å². The van der Waals surface area contributed by atoms with Crippen molar-refractivity contribution in [2.45, 2.75) is 6.92 Å². The molecule has 3 aromatic rings. The van der Waals surface area contributed by atoms with Gasteiger partial charge in [-0.2, -0.15) is 0 Å². The molecule has 5 heteroatoms. The third-order valence-corrected chi connectivity index (χ3v) is 4.83. The van der Waals surface area contributed by atoms with Gasteiger partial charge in [-0.3, -0.25) is 4.99 Å². The van der Waals surface area contributed by atoms with Crippen LogP contribution in [0.4, 0.5) is 5.69 Å². The van der Waals surface area contributed by atoms with Crippen molar-refractivity contribution in [2.75, 3.05) is 0 Å². The van der Waals surface area contributed by atoms with Crippen molar-refractivity contribution in [2.24, 2.45) is 4.99 Å². The number of benzene rings is 2. The van der Waals surface area contributed by atoms with Crippen LogP contribution in [0.2, 0.25) is 0 Å². The summed E-state index contributed by atoms with van der Waals surface area (Å²) >= 11 is 2.22. The van der Waals surface area contributed by atoms with E-state index >= 15 is 0 Å². The number of para-hydroxylation sites is 1. The molecule has 0 bridgehead atoms. The summed E-state index contributed by atoms with van der Waals surface area (Å²) in [4.78, 5) is 9.00. The van der Waals surface area contributed by atoms with Gasteiger partial charge in [-0.05, 0) is 53.8 Å². The van der Waals surface area contributed by atoms with Crippen molar-refractivity contribution < 1.29 is 9.52 Å². The van der Waals surface area contributed by atoms with Crippen LogP contribution in [-0.2, 0) is 0 Å². The van der Waals surface area contributed by atoms with E-state index in [1.165, 1.54) is 0 Å². The minimum Gasteiger partial charge on any atom is -0.479 e. The molecule has 1 aromatic heterocycles. The highest BCUT2D eigenvalue weighted by Crippen LogP contribution is 2.37. The molecule has 118 valence electrons. The van der Waals surface area contributed by atoms with Crippen LogP contribution in [0.25, 0.3) is 23.1 Å². The molecule has 1 aliphatic rings. The molecule has 4 rings (SSSR count). The summed E-state index contributed by atoms with van der Waals surface area (Å²) in [5, 5.41) is 10.2. The Bertz CT molecular complexity index is 1000. The largest absolute Gasteiger partial charge is 0.479 e. The van der Waals surface area contributed by atoms with Gasteiger partial charge in [0.15, 0.2) is 0 Å². The Morgan fingerprint density at radius 2 is 1.75 bits per heavy atom. The van der Waals surface area contributed by atoms with E-state index in [0.29, 0.717) is 11.6 Å². The Labute approximate surface area is 152 Å². The van der Waals surface area contributed by atoms with Gasteiger partial charge >= 0.3 is 5.95 Å². The molecular weight excluding hydrogens is 415 g/mol. The van der Waals surface area contributed by atoms with Crippen molar-refractivity contribution in [3.05, 3.63) is 63.4 Å². The van der Waals surface area contributed by atoms with Crippen LogP contribution in [0.1, 0.15) is 18.2 Å². The molecule has 0 saturated heterocycles. The average molecular weight is 428 g/mol. The monoisotopic (exact) mass is 428 g/mol. The Hall–Kier alpha value is -2.41. The average Bonchev–Trinajstić information content (AvgIpc) is 3.09. The van der Waals surface area contributed by atoms with Crippen molar-refractivity contribution in [1.82, 2.24) is 4.98 Å². The number of fused-ring (bicyclic) bond motifs is 1. The summed E-state index contributed by atoms with van der Waals surface area (Å²) in [6.45, 7) is 1.95. The van der Waals surface area contributed by atoms with Crippen LogP contribution in [-0.4, -0.2) is 15.8 Å². The highest BCUT2D eigenvalue weighted by molar-refractivity contribution is 14.1. The lowest BCUT2D eigenvalue weighted by atomic mass is 10.0. The molecule has 24 heavy (non-hydrogen) atoms. The number of aromatic hydroxyl groups is 1. The second-order valence-electron chi connectivity index (χ2n) is 5.46. The van der Waals surface area contributed by atoms with E-state index in [1.54, 1.807) is 0 Å². The predicted molar refractivity (Wildman–Crippen MR) is 103 cm³/mol. The van der Waals surface area contributed by atoms with Gasteiger partial charge in [0.2, 0.25) is 5.89 Å². The van der Waals surface area contributed by atoms with Crippen LogP contribution < -0.4 is 0 Å². The van der Waals surface area contributed by atoms with Gasteiger partial charge < -0.3 is 9.52 Å². The van der Waals surface area contributed by atoms with Crippen LogP contribution >= 0.6 is 22.6 Å². The van der Waals surface area contributed by atoms with Crippen molar-refractivity contribution in [3.8, 4) is 17.4 Å². The number of halogens is 1. The molecule has 2 aromatic carbocycles. The van der Waals surface area contributed by atoms with Crippen LogP contribution in [0.5, 0.6) is 5.95 Å². The van der Waals surface area contributed by atoms with Crippen molar-refractivity contribution in [3.63, 3.8) is 0 Å². The maximum absolute atomic E-state index is 10.2. The van der Waals surface area contributed by atoms with E-state index in [2.05, 4.69) is 32.6 Å². The summed E-state index contributed by atoms with van der Waals surface area (Å²) in [5.41, 5.74) is 5.08. The van der Waals surface area contributed by atoms with Crippen LogP contribution in [0, 0.1) is 3.57 Å². The number of hydrogen-bond donors (Lipinski definition) is 1. The molecule has 0 fully saturated rings. The number of hydrogen-bond acceptors (Lipinski definition) is 4. The van der Waals surface area contributed by atoms with Crippen LogP contribution in [0.3, 0.4) is 0 Å². The zero-order chi connectivity index (χ0) is 16.7. The topological polar surface area (TPSA) is 58.6 Å². The molecule has 2 heterocycles. The first kappa shape index (κ1) is 15.1. The Balaban J connectivity index is 1.80. The molecule has 0 unspecified atom stereocenters. The molecule has 0 spiro atoms. The van der Waals surface area contributed by atoms with Gasteiger partial charge in [0, 0.05) is 20.4 Å². The number of allylic oxidation sites excluding steroid dienone is 1. The first-order valence-electron chi connectivity index (χ1n) is 7.45. The normalized spacial score (nSPS) is 14.8. The quantitative estimate of drug-likeness (QED) is 0.564. The lowest BCUT2D eigenvalue weighted by Gasteiger charge is -1.99. The fraction of sp³-hybridized carbons (Fsp3) is 0.0526. The van der Waals surface area contributed by atoms with E-state index in [-0.39, 0.29) is 5.95 Å². The molecule has 0 radical (unpaired) electrons. The number of aliphatic imine (C=N–C) groups is 1. The molecule has 1 N–H and O–H groups in total. The maximum Gasteiger partial charge on any atom is 0.310 e. The molecule has 0 aliphatic carbocycles. The number of aromatic nitrogens is 1. The third-order valence-electron chi connectivity index (χ3n) is 3.89. The minimum atomic E-state index is -0.186. The first-order chi connectivity index (χ1) is 11.6. The highest BCUT2D eigenvalue weighted by atomic mass is 127. The van der Waals surface area contributed by atoms with E-state index in [1.807, 2.05) is 61.5 Å². The molecule has 0 amide bonds. The summed E-state index contributed by atoms with van der Waals surface area (Å²) in [6.07, 6.45) is 1.82. The summed E-state index contributed by atoms with van der Waals surface area (Å²) < 4.78 is 6.48. The minimum absolute atomic E-state index is 0.186. The zero-order valence-electron chi connectivity index (χ0n) is 12.8. The predicted octanol–water partition coefficient (Wildman–Crippen LogP) is 5.30. The second kappa shape index (κ2) is 5.90. The number of rotatable bonds is 2. The van der Waals surface area contributed by atoms with Gasteiger partial charge in [0.05, 0.1) is 11.3 Å². The summed E-state index contributed by atoms with van der Waals surface area (Å²) in [5.74, 6) is 0.222. The van der Waals surface area contributed by atoms with E-state index in [9.17, 15) is 5.11 Å². The Morgan fingerprint density at radius 1 is 1.04 bits per heavy atom. The Kier molecular flexibility index (Phi) is 3.72. The van der Waals surface area contributed by atoms with E-state index in [0.717, 1.165) is 31.7 Å². The first-order valence-corrected chi connectivity index (χ1v) is 8.53. The van der Waals surface area contributed by atoms with Gasteiger partial charge in [-0.25, -0.2) is 4.98 Å². The van der Waals surface area contributed by atoms with Crippen LogP contribution in [0.15, 0.2) is 57.9 Å². The second-order valence-corrected chi connectivity index (χ2v) is 6.62. The lowest BCUT2D eigenvalue weighted by molar-refractivity contribution is 0.336. The SMILES string of the molecule is CC1=Nc2ccccc2C1=Cc1nc(-c2ccccc2I)oc1O. The van der Waals surface area contributed by atoms with Crippen molar-refractivity contribution in [1.29, 1.82) is 0 Å². The fourth-order valence-electron chi connectivity index (χ4n) is 2.72. The smallest absolute Gasteiger partial charge is 0.310 e. The molecule has 4 nitrogen and oxygen atoms in total. The molecule has 0 atom stereocenters. The Morgan fingerprint density at radius 3 is 2.54 bits per heavy atom. The fourth-order valence-corrected chi connectivity index (χ4v) is 3.34. The lowest BCUT2D eigenvalue weighted by Crippen LogP contribution is -1.90. The molecule has 1 aliphatic heterocycles. The van der Waals surface area contributed by atoms with Gasteiger partial charge in [-0.15, -0.1) is 0 Å². The molecule has 0 saturated carbocycles. The summed E-state index contributed by atoms with van der Waals surface area (Å²) in [7, 11) is 0. The zero-order valence-corrected chi connectivity index (χ0v) is 15.0. The molecular formula is C19H13IN2O2. The number of oxazole rings is 1. The van der Waals surface area contributed by atoms with Gasteiger partial charge in [0.25, 0.3) is 0 Å². The van der Waals surface area contributed by atoms with Gasteiger partial charge in [0.1, 0.15) is 5.69 Å². The number of nitrogens with zero attached hydrogens (tertiary/aromatic N) is 2. The van der Waals surface area contributed by atoms with E-state index < -0.39 is 0 Å². The van der Waals surface area contributed by atoms with E-state index in [4.69, 9.17) is 4.42 Å².